The van der Waals surface area contributed by atoms with E-state index in [-0.39, 0.29) is 0 Å². The summed E-state index contributed by atoms with van der Waals surface area (Å²) in [4.78, 5) is 9.72. The van der Waals surface area contributed by atoms with Crippen LogP contribution in [0.4, 0.5) is 0 Å². The Morgan fingerprint density at radius 3 is 2.41 bits per heavy atom. The van der Waals surface area contributed by atoms with E-state index in [1.165, 1.54) is 36.4 Å². The molecule has 6 nitrogen and oxygen atoms in total. The van der Waals surface area contributed by atoms with Crippen molar-refractivity contribution in [2.75, 3.05) is 39.3 Å². The summed E-state index contributed by atoms with van der Waals surface area (Å²) in [7, 11) is -3.54. The summed E-state index contributed by atoms with van der Waals surface area (Å²) in [6.45, 7) is 4.75. The lowest BCUT2D eigenvalue weighted by Crippen LogP contribution is -2.56. The molecule has 2 heterocycles. The average Bonchev–Trinajstić information content (AvgIpc) is 3.37. The molecule has 146 valence electrons. The fraction of sp³-hybridized carbons (Fsp3) is 0.650. The molecule has 1 saturated heterocycles. The number of benzene rings is 1. The van der Waals surface area contributed by atoms with Crippen LogP contribution in [0.15, 0.2) is 34.2 Å². The van der Waals surface area contributed by atoms with Crippen LogP contribution in [-0.2, 0) is 10.0 Å². The molecule has 0 unspecified atom stereocenters. The SMILES string of the molecule is O=S(=O)(c1cccc(C2CC2)c1)N1CCN=C1N1CCN(C2CCC2)CC1. The number of piperazine rings is 1. The van der Waals surface area contributed by atoms with Gasteiger partial charge < -0.3 is 4.90 Å². The van der Waals surface area contributed by atoms with Gasteiger partial charge in [-0.1, -0.05) is 18.6 Å². The standard InChI is InChI=1S/C20H28N4O2S/c25-27(26,19-6-1-3-17(15-19)16-7-8-16)24-10-9-21-20(24)23-13-11-22(12-14-23)18-4-2-5-18/h1,3,6,15-16,18H,2,4-5,7-14H2. The minimum Gasteiger partial charge on any atom is -0.339 e. The molecule has 3 fully saturated rings. The molecule has 2 saturated carbocycles. The molecule has 0 atom stereocenters. The first-order valence-electron chi connectivity index (χ1n) is 10.3. The number of rotatable bonds is 4. The molecule has 0 aromatic heterocycles. The molecule has 27 heavy (non-hydrogen) atoms. The van der Waals surface area contributed by atoms with Crippen LogP contribution in [0, 0.1) is 0 Å². The number of nitrogens with zero attached hydrogens (tertiary/aromatic N) is 4. The minimum atomic E-state index is -3.54. The summed E-state index contributed by atoms with van der Waals surface area (Å²) >= 11 is 0. The largest absolute Gasteiger partial charge is 0.339 e. The summed E-state index contributed by atoms with van der Waals surface area (Å²) in [5, 5.41) is 0. The molecule has 0 spiro atoms. The maximum atomic E-state index is 13.3. The zero-order valence-electron chi connectivity index (χ0n) is 15.8. The summed E-state index contributed by atoms with van der Waals surface area (Å²) in [5.41, 5.74) is 1.16. The van der Waals surface area contributed by atoms with Gasteiger partial charge in [0.25, 0.3) is 10.0 Å². The second-order valence-corrected chi connectivity index (χ2v) is 10.1. The van der Waals surface area contributed by atoms with Crippen molar-refractivity contribution in [1.29, 1.82) is 0 Å². The Bertz CT molecular complexity index is 837. The maximum Gasteiger partial charge on any atom is 0.266 e. The molecule has 0 radical (unpaired) electrons. The Morgan fingerprint density at radius 2 is 1.74 bits per heavy atom. The van der Waals surface area contributed by atoms with Crippen LogP contribution in [0.3, 0.4) is 0 Å². The van der Waals surface area contributed by atoms with E-state index < -0.39 is 10.0 Å². The van der Waals surface area contributed by atoms with Crippen LogP contribution >= 0.6 is 0 Å². The summed E-state index contributed by atoms with van der Waals surface area (Å²) in [6.07, 6.45) is 6.33. The van der Waals surface area contributed by atoms with E-state index in [1.54, 1.807) is 6.07 Å². The van der Waals surface area contributed by atoms with Crippen molar-refractivity contribution in [2.24, 2.45) is 4.99 Å². The van der Waals surface area contributed by atoms with Crippen LogP contribution < -0.4 is 0 Å². The van der Waals surface area contributed by atoms with Gasteiger partial charge in [0.1, 0.15) is 0 Å². The third-order valence-corrected chi connectivity index (χ3v) is 8.24. The molecule has 0 N–H and O–H groups in total. The van der Waals surface area contributed by atoms with Crippen LogP contribution in [-0.4, -0.2) is 73.8 Å². The Labute approximate surface area is 161 Å². The van der Waals surface area contributed by atoms with Gasteiger partial charge in [-0.2, -0.15) is 0 Å². The fourth-order valence-corrected chi connectivity index (χ4v) is 5.92. The van der Waals surface area contributed by atoms with Crippen LogP contribution in [0.2, 0.25) is 0 Å². The van der Waals surface area contributed by atoms with Gasteiger partial charge in [0.05, 0.1) is 18.0 Å². The quantitative estimate of drug-likeness (QED) is 0.793. The number of hydrogen-bond donors (Lipinski definition) is 0. The van der Waals surface area contributed by atoms with E-state index in [0.717, 1.165) is 37.8 Å². The van der Waals surface area contributed by atoms with Crippen molar-refractivity contribution < 1.29 is 8.42 Å². The van der Waals surface area contributed by atoms with Gasteiger partial charge in [-0.3, -0.25) is 9.89 Å². The first kappa shape index (κ1) is 17.5. The molecule has 4 aliphatic rings. The molecule has 5 rings (SSSR count). The lowest BCUT2D eigenvalue weighted by Gasteiger charge is -2.44. The number of hydrogen-bond acceptors (Lipinski definition) is 5. The van der Waals surface area contributed by atoms with Gasteiger partial charge in [0.2, 0.25) is 5.96 Å². The van der Waals surface area contributed by atoms with E-state index in [1.807, 2.05) is 12.1 Å². The average molecular weight is 389 g/mol. The lowest BCUT2D eigenvalue weighted by molar-refractivity contribution is 0.0833. The van der Waals surface area contributed by atoms with Crippen molar-refractivity contribution >= 4 is 16.0 Å². The Balaban J connectivity index is 1.32. The predicted octanol–water partition coefficient (Wildman–Crippen LogP) is 2.09. The Morgan fingerprint density at radius 1 is 0.963 bits per heavy atom. The summed E-state index contributed by atoms with van der Waals surface area (Å²) in [6, 6.07) is 8.28. The topological polar surface area (TPSA) is 56.2 Å². The highest BCUT2D eigenvalue weighted by Gasteiger charge is 2.37. The van der Waals surface area contributed by atoms with Gasteiger partial charge in [-0.05, 0) is 49.3 Å². The van der Waals surface area contributed by atoms with Crippen LogP contribution in [0.5, 0.6) is 0 Å². The number of sulfonamides is 1. The second-order valence-electron chi connectivity index (χ2n) is 8.21. The van der Waals surface area contributed by atoms with Gasteiger partial charge >= 0.3 is 0 Å². The van der Waals surface area contributed by atoms with Crippen LogP contribution in [0.25, 0.3) is 0 Å². The fourth-order valence-electron chi connectivity index (χ4n) is 4.42. The smallest absolute Gasteiger partial charge is 0.266 e. The molecule has 2 aliphatic heterocycles. The van der Waals surface area contributed by atoms with E-state index in [0.29, 0.717) is 29.9 Å². The Hall–Kier alpha value is -1.60. The molecule has 0 bridgehead atoms. The molecule has 1 aromatic rings. The zero-order valence-corrected chi connectivity index (χ0v) is 16.6. The van der Waals surface area contributed by atoms with Crippen molar-refractivity contribution in [3.05, 3.63) is 29.8 Å². The first-order valence-corrected chi connectivity index (χ1v) is 11.7. The van der Waals surface area contributed by atoms with E-state index >= 15 is 0 Å². The first-order chi connectivity index (χ1) is 13.1. The third kappa shape index (κ3) is 3.25. The second kappa shape index (κ2) is 6.78. The van der Waals surface area contributed by atoms with Crippen molar-refractivity contribution in [2.45, 2.75) is 49.0 Å². The monoisotopic (exact) mass is 388 g/mol. The van der Waals surface area contributed by atoms with E-state index in [2.05, 4.69) is 20.9 Å². The van der Waals surface area contributed by atoms with Crippen molar-refractivity contribution in [3.63, 3.8) is 0 Å². The molecule has 1 aromatic carbocycles. The highest BCUT2D eigenvalue weighted by atomic mass is 32.2. The maximum absolute atomic E-state index is 13.3. The highest BCUT2D eigenvalue weighted by molar-refractivity contribution is 7.89. The van der Waals surface area contributed by atoms with Crippen LogP contribution in [0.1, 0.15) is 43.6 Å². The van der Waals surface area contributed by atoms with Crippen molar-refractivity contribution in [1.82, 2.24) is 14.1 Å². The predicted molar refractivity (Wildman–Crippen MR) is 105 cm³/mol. The molecule has 7 heteroatoms. The molecule has 2 aliphatic carbocycles. The lowest BCUT2D eigenvalue weighted by atomic mass is 9.91. The Kier molecular flexibility index (Phi) is 4.39. The van der Waals surface area contributed by atoms with E-state index in [4.69, 9.17) is 0 Å². The molecular formula is C20H28N4O2S. The zero-order chi connectivity index (χ0) is 18.4. The third-order valence-electron chi connectivity index (χ3n) is 6.46. The van der Waals surface area contributed by atoms with Gasteiger partial charge in [-0.25, -0.2) is 12.7 Å². The minimum absolute atomic E-state index is 0.412. The van der Waals surface area contributed by atoms with Gasteiger partial charge in [0, 0.05) is 32.2 Å². The van der Waals surface area contributed by atoms with Crippen molar-refractivity contribution in [3.8, 4) is 0 Å². The van der Waals surface area contributed by atoms with Gasteiger partial charge in [0.15, 0.2) is 0 Å². The highest BCUT2D eigenvalue weighted by Crippen LogP contribution is 2.40. The number of guanidine groups is 1. The number of aliphatic imine (C=N–C) groups is 1. The molecular weight excluding hydrogens is 360 g/mol. The summed E-state index contributed by atoms with van der Waals surface area (Å²) < 4.78 is 28.2. The normalized spacial score (nSPS) is 24.8. The van der Waals surface area contributed by atoms with E-state index in [9.17, 15) is 8.42 Å². The molecule has 0 amide bonds. The van der Waals surface area contributed by atoms with Gasteiger partial charge in [-0.15, -0.1) is 0 Å². The summed E-state index contributed by atoms with van der Waals surface area (Å²) in [5.74, 6) is 1.20.